The lowest BCUT2D eigenvalue weighted by molar-refractivity contribution is -0.118. The highest BCUT2D eigenvalue weighted by atomic mass is 32.1. The van der Waals surface area contributed by atoms with E-state index in [0.29, 0.717) is 0 Å². The first-order chi connectivity index (χ1) is 6.65. The fraction of sp³-hybridized carbons (Fsp3) is 0.500. The van der Waals surface area contributed by atoms with Gasteiger partial charge in [-0.05, 0) is 17.4 Å². The molecule has 1 aromatic heterocycles. The number of carbonyl (C=O) groups excluding carboxylic acids is 1. The van der Waals surface area contributed by atoms with Crippen LogP contribution in [0.4, 0.5) is 5.69 Å². The lowest BCUT2D eigenvalue weighted by Crippen LogP contribution is -2.40. The van der Waals surface area contributed by atoms with Gasteiger partial charge in [-0.2, -0.15) is 11.3 Å². The Hall–Kier alpha value is -0.870. The Morgan fingerprint density at radius 2 is 2.43 bits per heavy atom. The third-order valence-electron chi connectivity index (χ3n) is 2.35. The number of amides is 1. The zero-order valence-corrected chi connectivity index (χ0v) is 9.30. The number of rotatable bonds is 4. The summed E-state index contributed by atoms with van der Waals surface area (Å²) in [5.41, 5.74) is 6.61. The molecular formula is C10H16N2OS. The lowest BCUT2D eigenvalue weighted by Gasteiger charge is -2.16. The molecule has 3 N–H and O–H groups in total. The topological polar surface area (TPSA) is 55.1 Å². The SMILES string of the molecule is CC[C@H](C)[C@H](N)C(=O)Nc1ccsc1. The molecule has 14 heavy (non-hydrogen) atoms. The second-order valence-electron chi connectivity index (χ2n) is 3.41. The number of hydrogen-bond donors (Lipinski definition) is 2. The molecule has 3 nitrogen and oxygen atoms in total. The van der Waals surface area contributed by atoms with E-state index in [1.807, 2.05) is 30.7 Å². The van der Waals surface area contributed by atoms with E-state index >= 15 is 0 Å². The van der Waals surface area contributed by atoms with Crippen molar-refractivity contribution in [2.24, 2.45) is 11.7 Å². The Morgan fingerprint density at radius 3 is 2.93 bits per heavy atom. The van der Waals surface area contributed by atoms with Crippen LogP contribution in [0.5, 0.6) is 0 Å². The van der Waals surface area contributed by atoms with Crippen molar-refractivity contribution in [3.63, 3.8) is 0 Å². The fourth-order valence-corrected chi connectivity index (χ4v) is 1.66. The molecule has 0 fully saturated rings. The number of hydrogen-bond acceptors (Lipinski definition) is 3. The average Bonchev–Trinajstić information content (AvgIpc) is 2.68. The molecule has 0 aliphatic heterocycles. The van der Waals surface area contributed by atoms with Gasteiger partial charge in [-0.3, -0.25) is 4.79 Å². The maximum Gasteiger partial charge on any atom is 0.241 e. The fourth-order valence-electron chi connectivity index (χ4n) is 1.07. The van der Waals surface area contributed by atoms with Gasteiger partial charge >= 0.3 is 0 Å². The largest absolute Gasteiger partial charge is 0.324 e. The minimum absolute atomic E-state index is 0.0993. The minimum atomic E-state index is -0.417. The second-order valence-corrected chi connectivity index (χ2v) is 4.19. The first kappa shape index (κ1) is 11.2. The summed E-state index contributed by atoms with van der Waals surface area (Å²) in [4.78, 5) is 11.6. The van der Waals surface area contributed by atoms with Crippen molar-refractivity contribution in [1.82, 2.24) is 0 Å². The van der Waals surface area contributed by atoms with Crippen molar-refractivity contribution in [1.29, 1.82) is 0 Å². The average molecular weight is 212 g/mol. The third kappa shape index (κ3) is 2.82. The van der Waals surface area contributed by atoms with Gasteiger partial charge in [0.1, 0.15) is 0 Å². The van der Waals surface area contributed by atoms with E-state index in [4.69, 9.17) is 5.73 Å². The number of anilines is 1. The highest BCUT2D eigenvalue weighted by Crippen LogP contribution is 2.13. The Bertz CT molecular complexity index is 284. The molecule has 0 radical (unpaired) electrons. The van der Waals surface area contributed by atoms with Crippen LogP contribution in [0, 0.1) is 5.92 Å². The highest BCUT2D eigenvalue weighted by Gasteiger charge is 2.19. The van der Waals surface area contributed by atoms with Gasteiger partial charge in [-0.15, -0.1) is 0 Å². The quantitative estimate of drug-likeness (QED) is 0.802. The molecule has 4 heteroatoms. The number of nitrogens with one attached hydrogen (secondary N) is 1. The van der Waals surface area contributed by atoms with E-state index in [-0.39, 0.29) is 11.8 Å². The van der Waals surface area contributed by atoms with E-state index in [9.17, 15) is 4.79 Å². The number of carbonyl (C=O) groups is 1. The summed E-state index contributed by atoms with van der Waals surface area (Å²) in [5.74, 6) is 0.117. The van der Waals surface area contributed by atoms with Gasteiger partial charge < -0.3 is 11.1 Å². The Morgan fingerprint density at radius 1 is 1.71 bits per heavy atom. The molecule has 78 valence electrons. The predicted octanol–water partition coefficient (Wildman–Crippen LogP) is 2.06. The molecule has 0 unspecified atom stereocenters. The monoisotopic (exact) mass is 212 g/mol. The van der Waals surface area contributed by atoms with E-state index < -0.39 is 6.04 Å². The molecule has 0 spiro atoms. The second kappa shape index (κ2) is 5.12. The summed E-state index contributed by atoms with van der Waals surface area (Å²) in [6, 6.07) is 1.45. The van der Waals surface area contributed by atoms with Crippen molar-refractivity contribution in [2.75, 3.05) is 5.32 Å². The lowest BCUT2D eigenvalue weighted by atomic mass is 9.99. The number of thiophene rings is 1. The van der Waals surface area contributed by atoms with Crippen molar-refractivity contribution in [3.8, 4) is 0 Å². The molecule has 0 aliphatic carbocycles. The van der Waals surface area contributed by atoms with Crippen LogP contribution in [0.25, 0.3) is 0 Å². The van der Waals surface area contributed by atoms with E-state index in [1.165, 1.54) is 0 Å². The Kier molecular flexibility index (Phi) is 4.10. The van der Waals surface area contributed by atoms with Gasteiger partial charge in [-0.25, -0.2) is 0 Å². The standard InChI is InChI=1S/C10H16N2OS/c1-3-7(2)9(11)10(13)12-8-4-5-14-6-8/h4-7,9H,3,11H2,1-2H3,(H,12,13)/t7-,9-/m0/s1. The molecular weight excluding hydrogens is 196 g/mol. The Labute approximate surface area is 88.3 Å². The summed E-state index contributed by atoms with van der Waals surface area (Å²) in [6.07, 6.45) is 0.915. The molecule has 0 bridgehead atoms. The van der Waals surface area contributed by atoms with Crippen molar-refractivity contribution in [2.45, 2.75) is 26.3 Å². The van der Waals surface area contributed by atoms with E-state index in [2.05, 4.69) is 5.32 Å². The summed E-state index contributed by atoms with van der Waals surface area (Å²) in [6.45, 7) is 4.01. The van der Waals surface area contributed by atoms with Crippen LogP contribution in [-0.4, -0.2) is 11.9 Å². The first-order valence-corrected chi connectivity index (χ1v) is 5.68. The molecule has 0 aromatic carbocycles. The normalized spacial score (nSPS) is 14.8. The van der Waals surface area contributed by atoms with Crippen LogP contribution >= 0.6 is 11.3 Å². The van der Waals surface area contributed by atoms with Crippen LogP contribution in [0.1, 0.15) is 20.3 Å². The van der Waals surface area contributed by atoms with E-state index in [1.54, 1.807) is 11.3 Å². The predicted molar refractivity (Wildman–Crippen MR) is 60.4 cm³/mol. The molecule has 1 heterocycles. The maximum atomic E-state index is 11.6. The van der Waals surface area contributed by atoms with Gasteiger partial charge in [0, 0.05) is 5.38 Å². The van der Waals surface area contributed by atoms with E-state index in [0.717, 1.165) is 12.1 Å². The summed E-state index contributed by atoms with van der Waals surface area (Å²) < 4.78 is 0. The van der Waals surface area contributed by atoms with Crippen molar-refractivity contribution in [3.05, 3.63) is 16.8 Å². The van der Waals surface area contributed by atoms with Crippen molar-refractivity contribution >= 4 is 22.9 Å². The molecule has 0 aliphatic rings. The molecule has 0 saturated carbocycles. The summed E-state index contributed by atoms with van der Waals surface area (Å²) >= 11 is 1.55. The van der Waals surface area contributed by atoms with Gasteiger partial charge in [0.2, 0.25) is 5.91 Å². The van der Waals surface area contributed by atoms with Gasteiger partial charge in [0.25, 0.3) is 0 Å². The summed E-state index contributed by atoms with van der Waals surface area (Å²) in [7, 11) is 0. The molecule has 1 aromatic rings. The zero-order valence-electron chi connectivity index (χ0n) is 8.49. The van der Waals surface area contributed by atoms with Crippen LogP contribution in [0.3, 0.4) is 0 Å². The highest BCUT2D eigenvalue weighted by molar-refractivity contribution is 7.08. The Balaban J connectivity index is 2.50. The van der Waals surface area contributed by atoms with Gasteiger partial charge in [0.05, 0.1) is 11.7 Å². The van der Waals surface area contributed by atoms with Crippen LogP contribution in [0.15, 0.2) is 16.8 Å². The first-order valence-electron chi connectivity index (χ1n) is 4.73. The maximum absolute atomic E-state index is 11.6. The smallest absolute Gasteiger partial charge is 0.241 e. The minimum Gasteiger partial charge on any atom is -0.324 e. The van der Waals surface area contributed by atoms with Gasteiger partial charge in [0.15, 0.2) is 0 Å². The molecule has 1 amide bonds. The van der Waals surface area contributed by atoms with Crippen LogP contribution in [-0.2, 0) is 4.79 Å². The van der Waals surface area contributed by atoms with Crippen LogP contribution in [0.2, 0.25) is 0 Å². The zero-order chi connectivity index (χ0) is 10.6. The number of nitrogens with two attached hydrogens (primary N) is 1. The summed E-state index contributed by atoms with van der Waals surface area (Å²) in [5, 5.41) is 6.59. The molecule has 1 rings (SSSR count). The van der Waals surface area contributed by atoms with Crippen molar-refractivity contribution < 1.29 is 4.79 Å². The van der Waals surface area contributed by atoms with Gasteiger partial charge in [-0.1, -0.05) is 20.3 Å². The third-order valence-corrected chi connectivity index (χ3v) is 3.03. The molecule has 0 saturated heterocycles. The molecule has 2 atom stereocenters. The van der Waals surface area contributed by atoms with Crippen LogP contribution < -0.4 is 11.1 Å².